The van der Waals surface area contributed by atoms with Crippen molar-refractivity contribution in [2.24, 2.45) is 0 Å². The van der Waals surface area contributed by atoms with E-state index in [4.69, 9.17) is 9.84 Å². The van der Waals surface area contributed by atoms with Crippen LogP contribution in [0.1, 0.15) is 12.0 Å². The standard InChI is InChI=1S/C14H20N2O4/c1-20-9-5-8-15-14(19)16-12(13(17)18)10-11-6-3-2-4-7-11/h2-4,6-7,12H,5,8-10H2,1H3,(H,17,18)(H2,15,16,19)/t12-/m0/s1. The summed E-state index contributed by atoms with van der Waals surface area (Å²) in [6.07, 6.45) is 0.933. The first kappa shape index (κ1) is 16.0. The van der Waals surface area contributed by atoms with E-state index in [0.29, 0.717) is 19.6 Å². The second-order valence-electron chi connectivity index (χ2n) is 4.33. The van der Waals surface area contributed by atoms with E-state index in [2.05, 4.69) is 10.6 Å². The highest BCUT2D eigenvalue weighted by molar-refractivity contribution is 5.82. The number of carbonyl (C=O) groups excluding carboxylic acids is 1. The second kappa shape index (κ2) is 8.92. The maximum atomic E-state index is 11.6. The average molecular weight is 280 g/mol. The number of aliphatic carboxylic acids is 1. The number of nitrogens with one attached hydrogen (secondary N) is 2. The van der Waals surface area contributed by atoms with E-state index in [1.165, 1.54) is 0 Å². The molecular formula is C14H20N2O4. The number of methoxy groups -OCH3 is 1. The average Bonchev–Trinajstić information content (AvgIpc) is 2.44. The molecule has 1 aromatic rings. The molecule has 0 fully saturated rings. The molecule has 0 saturated carbocycles. The van der Waals surface area contributed by atoms with Gasteiger partial charge in [-0.05, 0) is 12.0 Å². The molecule has 1 aromatic carbocycles. The van der Waals surface area contributed by atoms with Crippen molar-refractivity contribution in [2.75, 3.05) is 20.3 Å². The van der Waals surface area contributed by atoms with Gasteiger partial charge in [-0.1, -0.05) is 30.3 Å². The zero-order chi connectivity index (χ0) is 14.8. The van der Waals surface area contributed by atoms with Crippen molar-refractivity contribution in [3.63, 3.8) is 0 Å². The Balaban J connectivity index is 2.43. The molecule has 0 aliphatic carbocycles. The summed E-state index contributed by atoms with van der Waals surface area (Å²) in [6, 6.07) is 7.75. The molecule has 0 unspecified atom stereocenters. The first-order chi connectivity index (χ1) is 9.63. The summed E-state index contributed by atoms with van der Waals surface area (Å²) in [7, 11) is 1.58. The van der Waals surface area contributed by atoms with E-state index in [0.717, 1.165) is 5.56 Å². The number of amides is 2. The topological polar surface area (TPSA) is 87.7 Å². The van der Waals surface area contributed by atoms with Gasteiger partial charge in [-0.3, -0.25) is 0 Å². The maximum Gasteiger partial charge on any atom is 0.326 e. The monoisotopic (exact) mass is 280 g/mol. The van der Waals surface area contributed by atoms with E-state index >= 15 is 0 Å². The lowest BCUT2D eigenvalue weighted by molar-refractivity contribution is -0.139. The molecule has 0 bridgehead atoms. The van der Waals surface area contributed by atoms with E-state index in [-0.39, 0.29) is 6.42 Å². The highest BCUT2D eigenvalue weighted by Gasteiger charge is 2.19. The number of carboxylic acids is 1. The molecule has 0 aromatic heterocycles. The number of carbonyl (C=O) groups is 2. The third kappa shape index (κ3) is 6.19. The molecule has 0 heterocycles. The van der Waals surface area contributed by atoms with E-state index in [1.807, 2.05) is 30.3 Å². The summed E-state index contributed by atoms with van der Waals surface area (Å²) in [6.45, 7) is 0.990. The van der Waals surface area contributed by atoms with Crippen molar-refractivity contribution in [3.05, 3.63) is 35.9 Å². The van der Waals surface area contributed by atoms with Gasteiger partial charge in [-0.2, -0.15) is 0 Å². The summed E-state index contributed by atoms with van der Waals surface area (Å²) in [4.78, 5) is 22.7. The van der Waals surface area contributed by atoms with E-state index in [9.17, 15) is 9.59 Å². The third-order valence-corrected chi connectivity index (χ3v) is 2.70. The van der Waals surface area contributed by atoms with E-state index in [1.54, 1.807) is 7.11 Å². The first-order valence-electron chi connectivity index (χ1n) is 6.43. The van der Waals surface area contributed by atoms with Crippen LogP contribution < -0.4 is 10.6 Å². The summed E-state index contributed by atoms with van der Waals surface area (Å²) < 4.78 is 4.86. The van der Waals surface area contributed by atoms with Crippen LogP contribution in [0.5, 0.6) is 0 Å². The molecule has 1 atom stereocenters. The Morgan fingerprint density at radius 3 is 2.60 bits per heavy atom. The Morgan fingerprint density at radius 2 is 2.00 bits per heavy atom. The molecule has 0 aliphatic heterocycles. The fraction of sp³-hybridized carbons (Fsp3) is 0.429. The van der Waals surface area contributed by atoms with Crippen LogP contribution in [-0.4, -0.2) is 43.4 Å². The lowest BCUT2D eigenvalue weighted by Crippen LogP contribution is -2.47. The van der Waals surface area contributed by atoms with Gasteiger partial charge in [0.15, 0.2) is 0 Å². The minimum absolute atomic E-state index is 0.252. The predicted molar refractivity (Wildman–Crippen MR) is 74.6 cm³/mol. The van der Waals surface area contributed by atoms with Gasteiger partial charge in [0.1, 0.15) is 6.04 Å². The van der Waals surface area contributed by atoms with Crippen LogP contribution in [-0.2, 0) is 16.0 Å². The molecule has 0 radical (unpaired) electrons. The number of ether oxygens (including phenoxy) is 1. The SMILES string of the molecule is COCCCNC(=O)N[C@@H](Cc1ccccc1)C(=O)O. The molecule has 1 rings (SSSR count). The Labute approximate surface area is 118 Å². The summed E-state index contributed by atoms with van der Waals surface area (Å²) in [5.41, 5.74) is 0.861. The molecule has 6 nitrogen and oxygen atoms in total. The molecule has 110 valence electrons. The maximum absolute atomic E-state index is 11.6. The molecule has 20 heavy (non-hydrogen) atoms. The zero-order valence-corrected chi connectivity index (χ0v) is 11.5. The van der Waals surface area contributed by atoms with Crippen molar-refractivity contribution in [3.8, 4) is 0 Å². The van der Waals surface area contributed by atoms with Gasteiger partial charge in [0.2, 0.25) is 0 Å². The summed E-state index contributed by atoms with van der Waals surface area (Å²) >= 11 is 0. The molecule has 3 N–H and O–H groups in total. The summed E-state index contributed by atoms with van der Waals surface area (Å²) in [5, 5.41) is 14.2. The largest absolute Gasteiger partial charge is 0.480 e. The van der Waals surface area contributed by atoms with Crippen LogP contribution >= 0.6 is 0 Å². The highest BCUT2D eigenvalue weighted by Crippen LogP contribution is 2.03. The van der Waals surface area contributed by atoms with Gasteiger partial charge < -0.3 is 20.5 Å². The highest BCUT2D eigenvalue weighted by atomic mass is 16.5. The van der Waals surface area contributed by atoms with Gasteiger partial charge in [0.25, 0.3) is 0 Å². The quantitative estimate of drug-likeness (QED) is 0.620. The van der Waals surface area contributed by atoms with Gasteiger partial charge in [-0.15, -0.1) is 0 Å². The predicted octanol–water partition coefficient (Wildman–Crippen LogP) is 1.02. The molecular weight excluding hydrogens is 260 g/mol. The van der Waals surface area contributed by atoms with Crippen molar-refractivity contribution < 1.29 is 19.4 Å². The number of benzene rings is 1. The molecule has 2 amide bonds. The number of rotatable bonds is 8. The lowest BCUT2D eigenvalue weighted by atomic mass is 10.1. The van der Waals surface area contributed by atoms with Gasteiger partial charge in [0, 0.05) is 26.7 Å². The fourth-order valence-corrected chi connectivity index (χ4v) is 1.68. The van der Waals surface area contributed by atoms with Crippen molar-refractivity contribution in [1.29, 1.82) is 0 Å². The number of hydrogen-bond donors (Lipinski definition) is 3. The number of urea groups is 1. The molecule has 6 heteroatoms. The van der Waals surface area contributed by atoms with Gasteiger partial charge in [0.05, 0.1) is 0 Å². The molecule has 0 aliphatic rings. The summed E-state index contributed by atoms with van der Waals surface area (Å²) in [5.74, 6) is -1.05. The van der Waals surface area contributed by atoms with Crippen LogP contribution in [0.4, 0.5) is 4.79 Å². The second-order valence-corrected chi connectivity index (χ2v) is 4.33. The van der Waals surface area contributed by atoms with Crippen LogP contribution in [0.2, 0.25) is 0 Å². The Kier molecular flexibility index (Phi) is 7.13. The van der Waals surface area contributed by atoms with Crippen LogP contribution in [0.3, 0.4) is 0 Å². The van der Waals surface area contributed by atoms with Crippen molar-refractivity contribution in [1.82, 2.24) is 10.6 Å². The fourth-order valence-electron chi connectivity index (χ4n) is 1.68. The Hall–Kier alpha value is -2.08. The van der Waals surface area contributed by atoms with E-state index < -0.39 is 18.0 Å². The Bertz CT molecular complexity index is 422. The molecule has 0 spiro atoms. The van der Waals surface area contributed by atoms with Crippen LogP contribution in [0.25, 0.3) is 0 Å². The minimum Gasteiger partial charge on any atom is -0.480 e. The third-order valence-electron chi connectivity index (χ3n) is 2.70. The van der Waals surface area contributed by atoms with Gasteiger partial charge in [-0.25, -0.2) is 9.59 Å². The van der Waals surface area contributed by atoms with Crippen molar-refractivity contribution >= 4 is 12.0 Å². The van der Waals surface area contributed by atoms with Crippen LogP contribution in [0, 0.1) is 0 Å². The van der Waals surface area contributed by atoms with Crippen molar-refractivity contribution in [2.45, 2.75) is 18.9 Å². The van der Waals surface area contributed by atoms with Gasteiger partial charge >= 0.3 is 12.0 Å². The minimum atomic E-state index is -1.05. The smallest absolute Gasteiger partial charge is 0.326 e. The number of hydrogen-bond acceptors (Lipinski definition) is 3. The Morgan fingerprint density at radius 1 is 1.30 bits per heavy atom. The van der Waals surface area contributed by atoms with Crippen LogP contribution in [0.15, 0.2) is 30.3 Å². The molecule has 0 saturated heterocycles. The zero-order valence-electron chi connectivity index (χ0n) is 11.5. The lowest BCUT2D eigenvalue weighted by Gasteiger charge is -2.15. The number of carboxylic acid groups (broad SMARTS) is 1. The first-order valence-corrected chi connectivity index (χ1v) is 6.43. The normalized spacial score (nSPS) is 11.7.